The monoisotopic (exact) mass is 281 g/mol. The maximum absolute atomic E-state index is 11.4. The molecule has 3 nitrogen and oxygen atoms in total. The summed E-state index contributed by atoms with van der Waals surface area (Å²) < 4.78 is 0. The van der Waals surface area contributed by atoms with E-state index >= 15 is 0 Å². The molecular weight excluding hydrogens is 270 g/mol. The summed E-state index contributed by atoms with van der Waals surface area (Å²) in [6, 6.07) is 19.0. The first-order chi connectivity index (χ1) is 9.75. The van der Waals surface area contributed by atoms with Gasteiger partial charge < -0.3 is 5.11 Å². The molecule has 1 heterocycles. The highest BCUT2D eigenvalue weighted by molar-refractivity contribution is 7.17. The van der Waals surface area contributed by atoms with Crippen molar-refractivity contribution in [3.05, 3.63) is 65.5 Å². The van der Waals surface area contributed by atoms with Crippen LogP contribution in [0.3, 0.4) is 0 Å². The van der Waals surface area contributed by atoms with Crippen molar-refractivity contribution in [2.24, 2.45) is 0 Å². The fourth-order valence-electron chi connectivity index (χ4n) is 1.96. The van der Waals surface area contributed by atoms with Gasteiger partial charge in [-0.05, 0) is 0 Å². The summed E-state index contributed by atoms with van der Waals surface area (Å²) >= 11 is 1.20. The minimum absolute atomic E-state index is 0.273. The lowest BCUT2D eigenvalue weighted by atomic mass is 10.1. The maximum Gasteiger partial charge on any atom is 0.348 e. The van der Waals surface area contributed by atoms with E-state index in [-0.39, 0.29) is 4.88 Å². The molecule has 98 valence electrons. The number of carbonyl (C=O) groups is 1. The Balaban J connectivity index is 2.15. The second kappa shape index (κ2) is 5.27. The number of aromatic nitrogens is 1. The van der Waals surface area contributed by atoms with Crippen LogP contribution in [0, 0.1) is 0 Å². The maximum atomic E-state index is 11.4. The molecule has 0 amide bonds. The number of carboxylic acids is 1. The Labute approximate surface area is 120 Å². The van der Waals surface area contributed by atoms with Crippen LogP contribution in [-0.4, -0.2) is 16.1 Å². The Hall–Kier alpha value is -2.46. The van der Waals surface area contributed by atoms with Gasteiger partial charge in [-0.25, -0.2) is 9.78 Å². The Kier molecular flexibility index (Phi) is 3.31. The van der Waals surface area contributed by atoms with Crippen molar-refractivity contribution in [2.45, 2.75) is 0 Å². The summed E-state index contributed by atoms with van der Waals surface area (Å²) in [7, 11) is 0. The van der Waals surface area contributed by atoms with Crippen molar-refractivity contribution in [3.63, 3.8) is 0 Å². The standard InChI is InChI=1S/C16H11NO2S/c18-16(19)14-13(11-7-3-1-4-8-11)17-15(20-14)12-9-5-2-6-10-12/h1-10H,(H,18,19). The third kappa shape index (κ3) is 2.33. The van der Waals surface area contributed by atoms with Gasteiger partial charge in [0.1, 0.15) is 9.88 Å². The SMILES string of the molecule is O=C(O)c1sc(-c2ccccc2)nc1-c1ccccc1. The van der Waals surface area contributed by atoms with Gasteiger partial charge in [-0.2, -0.15) is 0 Å². The van der Waals surface area contributed by atoms with E-state index in [4.69, 9.17) is 0 Å². The number of carboxylic acid groups (broad SMARTS) is 1. The lowest BCUT2D eigenvalue weighted by molar-refractivity contribution is 0.0702. The van der Waals surface area contributed by atoms with E-state index in [2.05, 4.69) is 4.98 Å². The van der Waals surface area contributed by atoms with E-state index < -0.39 is 5.97 Å². The van der Waals surface area contributed by atoms with Crippen molar-refractivity contribution in [1.29, 1.82) is 0 Å². The van der Waals surface area contributed by atoms with E-state index in [1.807, 2.05) is 60.7 Å². The highest BCUT2D eigenvalue weighted by atomic mass is 32.1. The molecule has 0 fully saturated rings. The highest BCUT2D eigenvalue weighted by Gasteiger charge is 2.19. The molecule has 3 rings (SSSR count). The molecule has 0 aliphatic rings. The normalized spacial score (nSPS) is 10.4. The minimum Gasteiger partial charge on any atom is -0.477 e. The van der Waals surface area contributed by atoms with E-state index in [9.17, 15) is 9.90 Å². The summed E-state index contributed by atoms with van der Waals surface area (Å²) in [4.78, 5) is 16.2. The third-order valence-corrected chi connectivity index (χ3v) is 3.98. The number of aromatic carboxylic acids is 1. The van der Waals surface area contributed by atoms with E-state index in [1.54, 1.807) is 0 Å². The third-order valence-electron chi connectivity index (χ3n) is 2.89. The molecular formula is C16H11NO2S. The molecule has 3 aromatic rings. The van der Waals surface area contributed by atoms with Gasteiger partial charge in [0.15, 0.2) is 0 Å². The molecule has 0 saturated heterocycles. The van der Waals surface area contributed by atoms with Gasteiger partial charge >= 0.3 is 5.97 Å². The lowest BCUT2D eigenvalue weighted by Crippen LogP contribution is -1.95. The summed E-state index contributed by atoms with van der Waals surface area (Å²) in [6.07, 6.45) is 0. The number of hydrogen-bond acceptors (Lipinski definition) is 3. The Bertz CT molecular complexity index is 736. The Morgan fingerprint density at radius 3 is 2.00 bits per heavy atom. The van der Waals surface area contributed by atoms with Gasteiger partial charge in [-0.1, -0.05) is 60.7 Å². The van der Waals surface area contributed by atoms with Crippen LogP contribution in [0.4, 0.5) is 0 Å². The molecule has 0 saturated carbocycles. The Morgan fingerprint density at radius 2 is 1.45 bits per heavy atom. The smallest absolute Gasteiger partial charge is 0.348 e. The second-order valence-electron chi connectivity index (χ2n) is 4.23. The van der Waals surface area contributed by atoms with Crippen LogP contribution in [0.15, 0.2) is 60.7 Å². The van der Waals surface area contributed by atoms with E-state index in [1.165, 1.54) is 11.3 Å². The number of benzene rings is 2. The summed E-state index contributed by atoms with van der Waals surface area (Å²) in [5.41, 5.74) is 2.28. The molecule has 1 aromatic heterocycles. The van der Waals surface area contributed by atoms with Crippen LogP contribution in [0.25, 0.3) is 21.8 Å². The van der Waals surface area contributed by atoms with Gasteiger partial charge in [-0.15, -0.1) is 11.3 Å². The van der Waals surface area contributed by atoms with Gasteiger partial charge in [0, 0.05) is 11.1 Å². The van der Waals surface area contributed by atoms with Crippen molar-refractivity contribution in [3.8, 4) is 21.8 Å². The van der Waals surface area contributed by atoms with Crippen molar-refractivity contribution >= 4 is 17.3 Å². The topological polar surface area (TPSA) is 50.2 Å². The van der Waals surface area contributed by atoms with Crippen LogP contribution in [0.5, 0.6) is 0 Å². The first kappa shape index (κ1) is 12.6. The molecule has 0 radical (unpaired) electrons. The van der Waals surface area contributed by atoms with Gasteiger partial charge in [0.05, 0.1) is 5.69 Å². The molecule has 0 atom stereocenters. The van der Waals surface area contributed by atoms with Crippen molar-refractivity contribution in [1.82, 2.24) is 4.98 Å². The minimum atomic E-state index is -0.941. The predicted octanol–water partition coefficient (Wildman–Crippen LogP) is 4.18. The molecule has 0 bridgehead atoms. The molecule has 20 heavy (non-hydrogen) atoms. The summed E-state index contributed by atoms with van der Waals surface area (Å²) in [5.74, 6) is -0.941. The first-order valence-electron chi connectivity index (χ1n) is 6.10. The fraction of sp³-hybridized carbons (Fsp3) is 0. The molecule has 1 N–H and O–H groups in total. The van der Waals surface area contributed by atoms with Crippen molar-refractivity contribution in [2.75, 3.05) is 0 Å². The Morgan fingerprint density at radius 1 is 0.900 bits per heavy atom. The lowest BCUT2D eigenvalue weighted by Gasteiger charge is -1.97. The summed E-state index contributed by atoms with van der Waals surface area (Å²) in [6.45, 7) is 0. The predicted molar refractivity (Wildman–Crippen MR) is 79.9 cm³/mol. The zero-order chi connectivity index (χ0) is 13.9. The van der Waals surface area contributed by atoms with E-state index in [0.717, 1.165) is 16.1 Å². The van der Waals surface area contributed by atoms with Crippen molar-refractivity contribution < 1.29 is 9.90 Å². The molecule has 0 spiro atoms. The molecule has 0 aliphatic carbocycles. The van der Waals surface area contributed by atoms with Crippen LogP contribution >= 0.6 is 11.3 Å². The highest BCUT2D eigenvalue weighted by Crippen LogP contribution is 2.33. The zero-order valence-electron chi connectivity index (χ0n) is 10.5. The average Bonchev–Trinajstić information content (AvgIpc) is 2.94. The van der Waals surface area contributed by atoms with Crippen LogP contribution in [0.1, 0.15) is 9.67 Å². The molecule has 2 aromatic carbocycles. The number of nitrogens with zero attached hydrogens (tertiary/aromatic N) is 1. The van der Waals surface area contributed by atoms with Gasteiger partial charge in [-0.3, -0.25) is 0 Å². The number of rotatable bonds is 3. The van der Waals surface area contributed by atoms with Gasteiger partial charge in [0.25, 0.3) is 0 Å². The van der Waals surface area contributed by atoms with Crippen LogP contribution < -0.4 is 0 Å². The summed E-state index contributed by atoms with van der Waals surface area (Å²) in [5, 5.41) is 10.1. The first-order valence-corrected chi connectivity index (χ1v) is 6.92. The number of thiazole rings is 1. The van der Waals surface area contributed by atoms with Crippen LogP contribution in [0.2, 0.25) is 0 Å². The number of hydrogen-bond donors (Lipinski definition) is 1. The zero-order valence-corrected chi connectivity index (χ0v) is 11.3. The average molecular weight is 281 g/mol. The largest absolute Gasteiger partial charge is 0.477 e. The quantitative estimate of drug-likeness (QED) is 0.783. The van der Waals surface area contributed by atoms with Crippen LogP contribution in [-0.2, 0) is 0 Å². The van der Waals surface area contributed by atoms with E-state index in [0.29, 0.717) is 5.69 Å². The molecule has 0 aliphatic heterocycles. The fourth-order valence-corrected chi connectivity index (χ4v) is 2.89. The van der Waals surface area contributed by atoms with Gasteiger partial charge in [0.2, 0.25) is 0 Å². The second-order valence-corrected chi connectivity index (χ2v) is 5.23. The molecule has 0 unspecified atom stereocenters. The molecule has 4 heteroatoms.